The van der Waals surface area contributed by atoms with Crippen LogP contribution in [0.15, 0.2) is 30.3 Å². The summed E-state index contributed by atoms with van der Waals surface area (Å²) in [5.41, 5.74) is 6.62. The summed E-state index contributed by atoms with van der Waals surface area (Å²) < 4.78 is 0. The van der Waals surface area contributed by atoms with Gasteiger partial charge in [0.2, 0.25) is 5.91 Å². The minimum atomic E-state index is -0.291. The zero-order valence-corrected chi connectivity index (χ0v) is 12.9. The summed E-state index contributed by atoms with van der Waals surface area (Å²) >= 11 is 0. The molecule has 0 aromatic heterocycles. The Labute approximate surface area is 122 Å². The topological polar surface area (TPSA) is 46.3 Å². The van der Waals surface area contributed by atoms with Gasteiger partial charge in [-0.25, -0.2) is 0 Å². The Morgan fingerprint density at radius 1 is 1.30 bits per heavy atom. The first-order chi connectivity index (χ1) is 9.41. The number of rotatable bonds is 5. The maximum absolute atomic E-state index is 12.9. The van der Waals surface area contributed by atoms with E-state index in [-0.39, 0.29) is 16.7 Å². The average molecular weight is 274 g/mol. The van der Waals surface area contributed by atoms with Crippen molar-refractivity contribution < 1.29 is 4.79 Å². The molecule has 0 aliphatic heterocycles. The molecule has 3 heteroatoms. The summed E-state index contributed by atoms with van der Waals surface area (Å²) in [5.74, 6) is 0.247. The molecule has 0 saturated heterocycles. The van der Waals surface area contributed by atoms with Gasteiger partial charge in [0.15, 0.2) is 0 Å². The van der Waals surface area contributed by atoms with Crippen LogP contribution < -0.4 is 5.73 Å². The summed E-state index contributed by atoms with van der Waals surface area (Å²) in [5, 5.41) is 0. The second kappa shape index (κ2) is 5.57. The van der Waals surface area contributed by atoms with Crippen molar-refractivity contribution in [2.75, 3.05) is 20.1 Å². The molecule has 1 aromatic rings. The number of hydrogen-bond donors (Lipinski definition) is 1. The van der Waals surface area contributed by atoms with E-state index in [1.165, 1.54) is 0 Å². The number of nitrogens with zero attached hydrogens (tertiary/aromatic N) is 1. The number of likely N-dealkylation sites (N-methyl/N-ethyl adjacent to an activating group) is 1. The van der Waals surface area contributed by atoms with Gasteiger partial charge >= 0.3 is 0 Å². The van der Waals surface area contributed by atoms with Crippen molar-refractivity contribution in [3.05, 3.63) is 35.9 Å². The van der Waals surface area contributed by atoms with Crippen LogP contribution in [0.2, 0.25) is 0 Å². The third-order valence-electron chi connectivity index (χ3n) is 4.51. The lowest BCUT2D eigenvalue weighted by Gasteiger charge is -2.44. The van der Waals surface area contributed by atoms with Crippen LogP contribution in [0.4, 0.5) is 0 Å². The van der Waals surface area contributed by atoms with Gasteiger partial charge in [0.05, 0.1) is 5.41 Å². The zero-order chi connectivity index (χ0) is 14.8. The highest BCUT2D eigenvalue weighted by molar-refractivity contribution is 5.89. The molecule has 1 aromatic carbocycles. The van der Waals surface area contributed by atoms with Gasteiger partial charge < -0.3 is 10.6 Å². The van der Waals surface area contributed by atoms with Crippen molar-refractivity contribution in [1.29, 1.82) is 0 Å². The van der Waals surface area contributed by atoms with Crippen LogP contribution in [0.5, 0.6) is 0 Å². The van der Waals surface area contributed by atoms with E-state index in [0.717, 1.165) is 24.8 Å². The van der Waals surface area contributed by atoms with E-state index in [1.807, 2.05) is 30.1 Å². The van der Waals surface area contributed by atoms with Gasteiger partial charge in [-0.05, 0) is 30.4 Å². The van der Waals surface area contributed by atoms with Crippen LogP contribution in [-0.2, 0) is 10.2 Å². The molecule has 20 heavy (non-hydrogen) atoms. The minimum Gasteiger partial charge on any atom is -0.344 e. The van der Waals surface area contributed by atoms with Crippen molar-refractivity contribution >= 4 is 5.91 Å². The van der Waals surface area contributed by atoms with E-state index in [4.69, 9.17) is 5.73 Å². The summed E-state index contributed by atoms with van der Waals surface area (Å²) in [6.07, 6.45) is 3.06. The summed E-state index contributed by atoms with van der Waals surface area (Å²) in [6.45, 7) is 5.50. The molecule has 1 aliphatic carbocycles. The number of carbonyl (C=O) groups excluding carboxylic acids is 1. The maximum Gasteiger partial charge on any atom is 0.232 e. The molecule has 0 unspecified atom stereocenters. The molecule has 1 aliphatic rings. The molecule has 0 spiro atoms. The Bertz CT molecular complexity index is 463. The third-order valence-corrected chi connectivity index (χ3v) is 4.51. The number of amides is 1. The molecule has 0 heterocycles. The number of carbonyl (C=O) groups is 1. The van der Waals surface area contributed by atoms with E-state index in [0.29, 0.717) is 13.1 Å². The van der Waals surface area contributed by atoms with Gasteiger partial charge in [0, 0.05) is 13.6 Å². The second-order valence-corrected chi connectivity index (χ2v) is 6.83. The normalized spacial score (nSPS) is 17.4. The summed E-state index contributed by atoms with van der Waals surface area (Å²) in [6, 6.07) is 10.2. The molecular weight excluding hydrogens is 248 g/mol. The first-order valence-corrected chi connectivity index (χ1v) is 7.42. The first kappa shape index (κ1) is 15.0. The van der Waals surface area contributed by atoms with E-state index in [9.17, 15) is 4.79 Å². The molecule has 1 fully saturated rings. The number of benzene rings is 1. The van der Waals surface area contributed by atoms with Crippen LogP contribution in [0.3, 0.4) is 0 Å². The average Bonchev–Trinajstić information content (AvgIpc) is 2.38. The summed E-state index contributed by atoms with van der Waals surface area (Å²) in [4.78, 5) is 14.8. The lowest BCUT2D eigenvalue weighted by molar-refractivity contribution is -0.140. The summed E-state index contributed by atoms with van der Waals surface area (Å²) in [7, 11) is 1.91. The smallest absolute Gasteiger partial charge is 0.232 e. The molecule has 1 saturated carbocycles. The second-order valence-electron chi connectivity index (χ2n) is 6.83. The number of hydrogen-bond acceptors (Lipinski definition) is 2. The third kappa shape index (κ3) is 2.73. The van der Waals surface area contributed by atoms with Gasteiger partial charge in [-0.2, -0.15) is 0 Å². The van der Waals surface area contributed by atoms with E-state index in [2.05, 4.69) is 26.0 Å². The molecule has 110 valence electrons. The van der Waals surface area contributed by atoms with E-state index in [1.54, 1.807) is 0 Å². The molecule has 0 atom stereocenters. The van der Waals surface area contributed by atoms with E-state index >= 15 is 0 Å². The fraction of sp³-hybridized carbons (Fsp3) is 0.588. The molecule has 3 nitrogen and oxygen atoms in total. The molecule has 2 N–H and O–H groups in total. The van der Waals surface area contributed by atoms with Crippen molar-refractivity contribution in [2.45, 2.75) is 38.5 Å². The van der Waals surface area contributed by atoms with Gasteiger partial charge in [-0.15, -0.1) is 0 Å². The van der Waals surface area contributed by atoms with Crippen molar-refractivity contribution in [3.63, 3.8) is 0 Å². The van der Waals surface area contributed by atoms with Crippen LogP contribution in [-0.4, -0.2) is 30.9 Å². The Balaban J connectivity index is 2.18. The lowest BCUT2D eigenvalue weighted by atomic mass is 9.63. The zero-order valence-electron chi connectivity index (χ0n) is 12.9. The van der Waals surface area contributed by atoms with Crippen LogP contribution in [0, 0.1) is 5.41 Å². The van der Waals surface area contributed by atoms with Crippen LogP contribution in [0.25, 0.3) is 0 Å². The fourth-order valence-corrected chi connectivity index (χ4v) is 3.06. The highest BCUT2D eigenvalue weighted by atomic mass is 16.2. The molecule has 0 radical (unpaired) electrons. The predicted octanol–water partition coefficient (Wildman–Crippen LogP) is 2.55. The highest BCUT2D eigenvalue weighted by Crippen LogP contribution is 2.45. The monoisotopic (exact) mass is 274 g/mol. The number of nitrogens with two attached hydrogens (primary N) is 1. The predicted molar refractivity (Wildman–Crippen MR) is 82.4 cm³/mol. The van der Waals surface area contributed by atoms with Crippen molar-refractivity contribution in [3.8, 4) is 0 Å². The standard InChI is InChI=1S/C17H26N2O/c1-16(2,12-18)13-19(3)15(20)17(10-7-11-17)14-8-5-4-6-9-14/h4-6,8-9H,7,10-13,18H2,1-3H3. The van der Waals surface area contributed by atoms with Gasteiger partial charge in [0.1, 0.15) is 0 Å². The minimum absolute atomic E-state index is 0.0357. The highest BCUT2D eigenvalue weighted by Gasteiger charge is 2.47. The lowest BCUT2D eigenvalue weighted by Crippen LogP contribution is -2.52. The van der Waals surface area contributed by atoms with E-state index < -0.39 is 0 Å². The largest absolute Gasteiger partial charge is 0.344 e. The Kier molecular flexibility index (Phi) is 4.19. The Morgan fingerprint density at radius 3 is 2.35 bits per heavy atom. The molecule has 1 amide bonds. The quantitative estimate of drug-likeness (QED) is 0.897. The maximum atomic E-state index is 12.9. The molecular formula is C17H26N2O. The Hall–Kier alpha value is -1.35. The Morgan fingerprint density at radius 2 is 1.90 bits per heavy atom. The van der Waals surface area contributed by atoms with Crippen molar-refractivity contribution in [1.82, 2.24) is 4.90 Å². The fourth-order valence-electron chi connectivity index (χ4n) is 3.06. The van der Waals surface area contributed by atoms with Crippen molar-refractivity contribution in [2.24, 2.45) is 11.1 Å². The molecule has 2 rings (SSSR count). The SMILES string of the molecule is CN(CC(C)(C)CN)C(=O)C1(c2ccccc2)CCC1. The molecule has 0 bridgehead atoms. The van der Waals surface area contributed by atoms with Gasteiger partial charge in [-0.1, -0.05) is 50.6 Å². The van der Waals surface area contributed by atoms with Crippen LogP contribution >= 0.6 is 0 Å². The van der Waals surface area contributed by atoms with Crippen LogP contribution in [0.1, 0.15) is 38.7 Å². The first-order valence-electron chi connectivity index (χ1n) is 7.42. The van der Waals surface area contributed by atoms with Gasteiger partial charge in [-0.3, -0.25) is 4.79 Å². The van der Waals surface area contributed by atoms with Gasteiger partial charge in [0.25, 0.3) is 0 Å².